The van der Waals surface area contributed by atoms with Crippen LogP contribution in [0.4, 0.5) is 8.78 Å². The molecule has 96 valence electrons. The number of ether oxygens (including phenoxy) is 1. The molecule has 0 saturated carbocycles. The highest BCUT2D eigenvalue weighted by molar-refractivity contribution is 5.20. The van der Waals surface area contributed by atoms with Gasteiger partial charge in [-0.2, -0.15) is 0 Å². The van der Waals surface area contributed by atoms with Crippen LogP contribution < -0.4 is 5.32 Å². The fraction of sp³-hybridized carbons (Fsp3) is 0.538. The Morgan fingerprint density at radius 1 is 1.24 bits per heavy atom. The summed E-state index contributed by atoms with van der Waals surface area (Å²) in [5.41, 5.74) is 0.729. The molecule has 0 aliphatic rings. The van der Waals surface area contributed by atoms with Crippen molar-refractivity contribution in [3.8, 4) is 0 Å². The smallest absolute Gasteiger partial charge is 0.159 e. The number of benzene rings is 1. The molecule has 2 nitrogen and oxygen atoms in total. The number of halogens is 2. The largest absolute Gasteiger partial charge is 0.380 e. The van der Waals surface area contributed by atoms with Crippen molar-refractivity contribution < 1.29 is 13.5 Å². The lowest BCUT2D eigenvalue weighted by Gasteiger charge is -2.20. The Labute approximate surface area is 101 Å². The fourth-order valence-electron chi connectivity index (χ4n) is 1.65. The first-order valence-corrected chi connectivity index (χ1v) is 5.83. The molecule has 0 aliphatic heterocycles. The molecule has 1 aromatic rings. The van der Waals surface area contributed by atoms with Crippen LogP contribution in [0.2, 0.25) is 0 Å². The molecule has 0 bridgehead atoms. The van der Waals surface area contributed by atoms with Crippen molar-refractivity contribution in [1.29, 1.82) is 0 Å². The minimum absolute atomic E-state index is 0.0412. The third kappa shape index (κ3) is 4.40. The molecule has 0 heterocycles. The van der Waals surface area contributed by atoms with Crippen LogP contribution in [-0.2, 0) is 4.74 Å². The SMILES string of the molecule is CCOCC(C)NC(C)c1ccc(F)c(F)c1. The minimum Gasteiger partial charge on any atom is -0.380 e. The van der Waals surface area contributed by atoms with Gasteiger partial charge in [-0.15, -0.1) is 0 Å². The molecule has 17 heavy (non-hydrogen) atoms. The molecule has 2 unspecified atom stereocenters. The van der Waals surface area contributed by atoms with Crippen LogP contribution in [-0.4, -0.2) is 19.3 Å². The van der Waals surface area contributed by atoms with E-state index in [1.165, 1.54) is 6.07 Å². The second-order valence-corrected chi connectivity index (χ2v) is 4.12. The summed E-state index contributed by atoms with van der Waals surface area (Å²) in [4.78, 5) is 0. The average Bonchev–Trinajstić information content (AvgIpc) is 2.30. The molecule has 4 heteroatoms. The normalized spacial score (nSPS) is 14.6. The van der Waals surface area contributed by atoms with Gasteiger partial charge in [-0.25, -0.2) is 8.78 Å². The van der Waals surface area contributed by atoms with Crippen LogP contribution in [0.15, 0.2) is 18.2 Å². The van der Waals surface area contributed by atoms with Crippen molar-refractivity contribution in [2.24, 2.45) is 0 Å². The van der Waals surface area contributed by atoms with E-state index < -0.39 is 11.6 Å². The maximum atomic E-state index is 13.1. The first-order valence-electron chi connectivity index (χ1n) is 5.83. The van der Waals surface area contributed by atoms with Gasteiger partial charge in [0.25, 0.3) is 0 Å². The van der Waals surface area contributed by atoms with E-state index in [2.05, 4.69) is 5.32 Å². The molecule has 0 spiro atoms. The molecule has 0 radical (unpaired) electrons. The van der Waals surface area contributed by atoms with Crippen molar-refractivity contribution in [3.05, 3.63) is 35.4 Å². The molecular weight excluding hydrogens is 224 g/mol. The number of hydrogen-bond acceptors (Lipinski definition) is 2. The zero-order valence-electron chi connectivity index (χ0n) is 10.5. The van der Waals surface area contributed by atoms with Gasteiger partial charge in [0, 0.05) is 18.7 Å². The second-order valence-electron chi connectivity index (χ2n) is 4.12. The summed E-state index contributed by atoms with van der Waals surface area (Å²) in [5.74, 6) is -1.63. The minimum atomic E-state index is -0.816. The molecule has 0 fully saturated rings. The molecule has 2 atom stereocenters. The molecule has 0 amide bonds. The maximum Gasteiger partial charge on any atom is 0.159 e. The Kier molecular flexibility index (Phi) is 5.51. The van der Waals surface area contributed by atoms with E-state index in [-0.39, 0.29) is 12.1 Å². The van der Waals surface area contributed by atoms with Crippen LogP contribution in [0.3, 0.4) is 0 Å². The molecule has 1 aromatic carbocycles. The Bertz CT molecular complexity index is 357. The van der Waals surface area contributed by atoms with E-state index in [0.717, 1.165) is 11.6 Å². The van der Waals surface area contributed by atoms with E-state index >= 15 is 0 Å². The van der Waals surface area contributed by atoms with Crippen LogP contribution >= 0.6 is 0 Å². The van der Waals surface area contributed by atoms with Crippen molar-refractivity contribution >= 4 is 0 Å². The predicted molar refractivity (Wildman–Crippen MR) is 63.9 cm³/mol. The lowest BCUT2D eigenvalue weighted by Crippen LogP contribution is -2.32. The number of rotatable bonds is 6. The summed E-state index contributed by atoms with van der Waals surface area (Å²) in [6.45, 7) is 7.11. The standard InChI is InChI=1S/C13H19F2NO/c1-4-17-8-9(2)16-10(3)11-5-6-12(14)13(15)7-11/h5-7,9-10,16H,4,8H2,1-3H3. The monoisotopic (exact) mass is 243 g/mol. The Morgan fingerprint density at radius 2 is 1.94 bits per heavy atom. The third-order valence-electron chi connectivity index (χ3n) is 2.55. The molecule has 1 rings (SSSR count). The van der Waals surface area contributed by atoms with Crippen molar-refractivity contribution in [2.45, 2.75) is 32.9 Å². The van der Waals surface area contributed by atoms with E-state index in [1.54, 1.807) is 6.07 Å². The number of hydrogen-bond donors (Lipinski definition) is 1. The predicted octanol–water partition coefficient (Wildman–Crippen LogP) is 3.04. The quantitative estimate of drug-likeness (QED) is 0.829. The summed E-state index contributed by atoms with van der Waals surface area (Å²) in [5, 5.41) is 3.26. The number of nitrogens with one attached hydrogen (secondary N) is 1. The zero-order valence-corrected chi connectivity index (χ0v) is 10.5. The van der Waals surface area contributed by atoms with Gasteiger partial charge in [0.05, 0.1) is 6.61 Å². The van der Waals surface area contributed by atoms with Crippen molar-refractivity contribution in [3.63, 3.8) is 0 Å². The highest BCUT2D eigenvalue weighted by Crippen LogP contribution is 2.16. The Hall–Kier alpha value is -1.00. The van der Waals surface area contributed by atoms with Gasteiger partial charge in [0.15, 0.2) is 11.6 Å². The summed E-state index contributed by atoms with van der Waals surface area (Å²) < 4.78 is 31.1. The van der Waals surface area contributed by atoms with E-state index in [4.69, 9.17) is 4.74 Å². The molecule has 0 saturated heterocycles. The Balaban J connectivity index is 2.57. The van der Waals surface area contributed by atoms with E-state index in [0.29, 0.717) is 13.2 Å². The van der Waals surface area contributed by atoms with Gasteiger partial charge in [0.2, 0.25) is 0 Å². The lowest BCUT2D eigenvalue weighted by atomic mass is 10.1. The van der Waals surface area contributed by atoms with E-state index in [9.17, 15) is 8.78 Å². The van der Waals surface area contributed by atoms with Gasteiger partial charge in [-0.3, -0.25) is 0 Å². The summed E-state index contributed by atoms with van der Waals surface area (Å²) >= 11 is 0. The van der Waals surface area contributed by atoms with Gasteiger partial charge in [-0.05, 0) is 38.5 Å². The summed E-state index contributed by atoms with van der Waals surface area (Å²) in [7, 11) is 0. The topological polar surface area (TPSA) is 21.3 Å². The maximum absolute atomic E-state index is 13.1. The fourth-order valence-corrected chi connectivity index (χ4v) is 1.65. The van der Waals surface area contributed by atoms with Gasteiger partial charge in [0.1, 0.15) is 0 Å². The highest BCUT2D eigenvalue weighted by Gasteiger charge is 2.11. The molecule has 1 N–H and O–H groups in total. The highest BCUT2D eigenvalue weighted by atomic mass is 19.2. The lowest BCUT2D eigenvalue weighted by molar-refractivity contribution is 0.124. The van der Waals surface area contributed by atoms with Gasteiger partial charge in [-0.1, -0.05) is 6.07 Å². The molecule has 0 aliphatic carbocycles. The van der Waals surface area contributed by atoms with Crippen LogP contribution in [0.25, 0.3) is 0 Å². The van der Waals surface area contributed by atoms with E-state index in [1.807, 2.05) is 20.8 Å². The second kappa shape index (κ2) is 6.67. The average molecular weight is 243 g/mol. The summed E-state index contributed by atoms with van der Waals surface area (Å²) in [6, 6.07) is 4.08. The first-order chi connectivity index (χ1) is 8.04. The van der Waals surface area contributed by atoms with Crippen molar-refractivity contribution in [1.82, 2.24) is 5.32 Å². The van der Waals surface area contributed by atoms with Crippen LogP contribution in [0.5, 0.6) is 0 Å². The zero-order chi connectivity index (χ0) is 12.8. The third-order valence-corrected chi connectivity index (χ3v) is 2.55. The van der Waals surface area contributed by atoms with Gasteiger partial charge < -0.3 is 10.1 Å². The summed E-state index contributed by atoms with van der Waals surface area (Å²) in [6.07, 6.45) is 0. The van der Waals surface area contributed by atoms with Gasteiger partial charge >= 0.3 is 0 Å². The van der Waals surface area contributed by atoms with Crippen LogP contribution in [0.1, 0.15) is 32.4 Å². The van der Waals surface area contributed by atoms with Crippen LogP contribution in [0, 0.1) is 11.6 Å². The molecular formula is C13H19F2NO. The Morgan fingerprint density at radius 3 is 2.53 bits per heavy atom. The first kappa shape index (κ1) is 14.1. The van der Waals surface area contributed by atoms with Crippen molar-refractivity contribution in [2.75, 3.05) is 13.2 Å². The molecule has 0 aromatic heterocycles.